The maximum atomic E-state index is 13.6. The van der Waals surface area contributed by atoms with Gasteiger partial charge in [-0.05, 0) is 18.1 Å². The van der Waals surface area contributed by atoms with Crippen LogP contribution >= 0.6 is 0 Å². The van der Waals surface area contributed by atoms with E-state index in [0.29, 0.717) is 25.0 Å². The summed E-state index contributed by atoms with van der Waals surface area (Å²) in [7, 11) is 0. The Bertz CT molecular complexity index is 555. The second-order valence-corrected chi connectivity index (χ2v) is 6.79. The quantitative estimate of drug-likeness (QED) is 0.772. The fraction of sp³-hybridized carbons (Fsp3) is 0.588. The Morgan fingerprint density at radius 1 is 1.32 bits per heavy atom. The molecular weight excluding hydrogens is 290 g/mol. The van der Waals surface area contributed by atoms with E-state index in [-0.39, 0.29) is 23.2 Å². The lowest BCUT2D eigenvalue weighted by atomic mass is 9.66. The van der Waals surface area contributed by atoms with E-state index >= 15 is 0 Å². The predicted octanol–water partition coefficient (Wildman–Crippen LogP) is 3.96. The van der Waals surface area contributed by atoms with Crippen LogP contribution in [-0.4, -0.2) is 24.8 Å². The van der Waals surface area contributed by atoms with Gasteiger partial charge in [-0.3, -0.25) is 0 Å². The monoisotopic (exact) mass is 312 g/mol. The van der Waals surface area contributed by atoms with Crippen molar-refractivity contribution in [3.05, 3.63) is 35.4 Å². The zero-order valence-corrected chi connectivity index (χ0v) is 13.4. The van der Waals surface area contributed by atoms with Crippen molar-refractivity contribution in [3.63, 3.8) is 0 Å². The van der Waals surface area contributed by atoms with Crippen molar-refractivity contribution >= 4 is 5.97 Å². The van der Waals surface area contributed by atoms with Crippen LogP contribution < -0.4 is 0 Å². The topological polar surface area (TPSA) is 35.5 Å². The molecule has 5 heteroatoms. The Morgan fingerprint density at radius 2 is 2.00 bits per heavy atom. The number of hydrogen-bond acceptors (Lipinski definition) is 3. The van der Waals surface area contributed by atoms with Gasteiger partial charge in [-0.25, -0.2) is 13.6 Å². The lowest BCUT2D eigenvalue weighted by Gasteiger charge is -2.50. The average Bonchev–Trinajstić information content (AvgIpc) is 2.41. The van der Waals surface area contributed by atoms with Gasteiger partial charge < -0.3 is 9.47 Å². The van der Waals surface area contributed by atoms with Gasteiger partial charge in [0.05, 0.1) is 11.7 Å². The van der Waals surface area contributed by atoms with Gasteiger partial charge in [-0.15, -0.1) is 0 Å². The standard InChI is InChI=1S/C17H22F2O3/c1-10(2)9-21-14-8-15(17(14,3)4)22-16(20)12-6-5-11(18)7-13(12)19/h5-7,10,14-15H,8-9H2,1-4H3/t14-,15+/m1/s1. The molecule has 0 spiro atoms. The number of carbonyl (C=O) groups excluding carboxylic acids is 1. The summed E-state index contributed by atoms with van der Waals surface area (Å²) in [6, 6.07) is 2.82. The van der Waals surface area contributed by atoms with Crippen molar-refractivity contribution in [1.82, 2.24) is 0 Å². The van der Waals surface area contributed by atoms with Crippen LogP contribution in [0.4, 0.5) is 8.78 Å². The molecule has 0 N–H and O–H groups in total. The maximum absolute atomic E-state index is 13.6. The van der Waals surface area contributed by atoms with Crippen molar-refractivity contribution in [3.8, 4) is 0 Å². The molecule has 2 atom stereocenters. The molecular formula is C17H22F2O3. The summed E-state index contributed by atoms with van der Waals surface area (Å²) in [5.74, 6) is -1.96. The minimum absolute atomic E-state index is 0.0192. The minimum Gasteiger partial charge on any atom is -0.458 e. The molecule has 1 fully saturated rings. The number of benzene rings is 1. The number of halogens is 2. The van der Waals surface area contributed by atoms with Crippen LogP contribution in [0.15, 0.2) is 18.2 Å². The Kier molecular flexibility index (Phi) is 4.85. The van der Waals surface area contributed by atoms with Crippen LogP contribution in [0.2, 0.25) is 0 Å². The smallest absolute Gasteiger partial charge is 0.341 e. The van der Waals surface area contributed by atoms with Crippen LogP contribution in [0, 0.1) is 23.0 Å². The van der Waals surface area contributed by atoms with Crippen LogP contribution in [0.5, 0.6) is 0 Å². The molecule has 0 unspecified atom stereocenters. The summed E-state index contributed by atoms with van der Waals surface area (Å²) in [6.45, 7) is 8.71. The Hall–Kier alpha value is -1.49. The lowest BCUT2D eigenvalue weighted by Crippen LogP contribution is -2.56. The first kappa shape index (κ1) is 16.9. The average molecular weight is 312 g/mol. The van der Waals surface area contributed by atoms with Gasteiger partial charge in [0.25, 0.3) is 0 Å². The van der Waals surface area contributed by atoms with Crippen molar-refractivity contribution in [2.75, 3.05) is 6.61 Å². The van der Waals surface area contributed by atoms with Gasteiger partial charge in [0.1, 0.15) is 17.7 Å². The summed E-state index contributed by atoms with van der Waals surface area (Å²) in [5.41, 5.74) is -0.565. The summed E-state index contributed by atoms with van der Waals surface area (Å²) in [4.78, 5) is 12.0. The predicted molar refractivity (Wildman–Crippen MR) is 78.5 cm³/mol. The molecule has 0 radical (unpaired) electrons. The summed E-state index contributed by atoms with van der Waals surface area (Å²) >= 11 is 0. The highest BCUT2D eigenvalue weighted by Crippen LogP contribution is 2.45. The van der Waals surface area contributed by atoms with E-state index in [2.05, 4.69) is 13.8 Å². The van der Waals surface area contributed by atoms with Gasteiger partial charge >= 0.3 is 5.97 Å². The second-order valence-electron chi connectivity index (χ2n) is 6.79. The highest BCUT2D eigenvalue weighted by Gasteiger charge is 2.51. The highest BCUT2D eigenvalue weighted by atomic mass is 19.1. The van der Waals surface area contributed by atoms with Crippen LogP contribution in [0.3, 0.4) is 0 Å². The first-order valence-corrected chi connectivity index (χ1v) is 7.49. The van der Waals surface area contributed by atoms with Crippen molar-refractivity contribution in [2.24, 2.45) is 11.3 Å². The largest absolute Gasteiger partial charge is 0.458 e. The minimum atomic E-state index is -0.908. The summed E-state index contributed by atoms with van der Waals surface area (Å²) in [6.07, 6.45) is 0.279. The number of hydrogen-bond donors (Lipinski definition) is 0. The van der Waals surface area contributed by atoms with Gasteiger partial charge in [0.15, 0.2) is 0 Å². The molecule has 0 heterocycles. The molecule has 0 aliphatic heterocycles. The second kappa shape index (κ2) is 6.32. The number of ether oxygens (including phenoxy) is 2. The van der Waals surface area contributed by atoms with Crippen LogP contribution in [0.25, 0.3) is 0 Å². The molecule has 0 aromatic heterocycles. The molecule has 0 amide bonds. The molecule has 122 valence electrons. The van der Waals surface area contributed by atoms with E-state index in [1.165, 1.54) is 0 Å². The van der Waals surface area contributed by atoms with E-state index in [4.69, 9.17) is 9.47 Å². The van der Waals surface area contributed by atoms with E-state index in [1.54, 1.807) is 0 Å². The van der Waals surface area contributed by atoms with Crippen LogP contribution in [0.1, 0.15) is 44.5 Å². The van der Waals surface area contributed by atoms with E-state index in [9.17, 15) is 13.6 Å². The first-order chi connectivity index (χ1) is 10.2. The molecule has 0 saturated heterocycles. The molecule has 0 bridgehead atoms. The Balaban J connectivity index is 1.96. The number of rotatable bonds is 5. The molecule has 1 aromatic rings. The molecule has 1 saturated carbocycles. The fourth-order valence-electron chi connectivity index (χ4n) is 2.49. The summed E-state index contributed by atoms with van der Waals surface area (Å²) < 4.78 is 37.6. The first-order valence-electron chi connectivity index (χ1n) is 7.49. The molecule has 2 rings (SSSR count). The molecule has 1 aliphatic rings. The third-order valence-electron chi connectivity index (χ3n) is 4.12. The Morgan fingerprint density at radius 3 is 2.55 bits per heavy atom. The van der Waals surface area contributed by atoms with E-state index in [0.717, 1.165) is 12.1 Å². The Labute approximate surface area is 129 Å². The number of esters is 1. The van der Waals surface area contributed by atoms with Gasteiger partial charge in [-0.2, -0.15) is 0 Å². The fourth-order valence-corrected chi connectivity index (χ4v) is 2.49. The third kappa shape index (κ3) is 3.46. The number of carbonyl (C=O) groups is 1. The van der Waals surface area contributed by atoms with Crippen molar-refractivity contribution in [1.29, 1.82) is 0 Å². The SMILES string of the molecule is CC(C)CO[C@@H]1C[C@H](OC(=O)c2ccc(F)cc2F)C1(C)C. The van der Waals surface area contributed by atoms with Gasteiger partial charge in [0, 0.05) is 24.5 Å². The van der Waals surface area contributed by atoms with Gasteiger partial charge in [-0.1, -0.05) is 27.7 Å². The normalized spacial score (nSPS) is 23.2. The highest BCUT2D eigenvalue weighted by molar-refractivity contribution is 5.89. The zero-order chi connectivity index (χ0) is 16.5. The van der Waals surface area contributed by atoms with Crippen molar-refractivity contribution < 1.29 is 23.0 Å². The van der Waals surface area contributed by atoms with E-state index < -0.39 is 17.6 Å². The molecule has 1 aliphatic carbocycles. The maximum Gasteiger partial charge on any atom is 0.341 e. The summed E-state index contributed by atoms with van der Waals surface area (Å²) in [5, 5.41) is 0. The molecule has 3 nitrogen and oxygen atoms in total. The third-order valence-corrected chi connectivity index (χ3v) is 4.12. The van der Waals surface area contributed by atoms with Crippen molar-refractivity contribution in [2.45, 2.75) is 46.3 Å². The van der Waals surface area contributed by atoms with Gasteiger partial charge in [0.2, 0.25) is 0 Å². The lowest BCUT2D eigenvalue weighted by molar-refractivity contribution is -0.180. The zero-order valence-electron chi connectivity index (χ0n) is 13.4. The van der Waals surface area contributed by atoms with E-state index in [1.807, 2.05) is 13.8 Å². The van der Waals surface area contributed by atoms with Crippen LogP contribution in [-0.2, 0) is 9.47 Å². The molecule has 22 heavy (non-hydrogen) atoms. The molecule has 1 aromatic carbocycles.